The summed E-state index contributed by atoms with van der Waals surface area (Å²) in [5.41, 5.74) is 6.65. The highest BCUT2D eigenvalue weighted by Gasteiger charge is 2.14. The van der Waals surface area contributed by atoms with Gasteiger partial charge < -0.3 is 10.8 Å². The first kappa shape index (κ1) is 7.17. The Balaban J connectivity index is 2.77. The van der Waals surface area contributed by atoms with Crippen LogP contribution < -0.4 is 5.73 Å². The maximum atomic E-state index is 10.3. The van der Waals surface area contributed by atoms with Crippen LogP contribution in [-0.2, 0) is 4.79 Å². The lowest BCUT2D eigenvalue weighted by atomic mass is 10.3. The molecule has 0 radical (unpaired) electrons. The van der Waals surface area contributed by atoms with Gasteiger partial charge in [-0.1, -0.05) is 0 Å². The second-order valence-corrected chi connectivity index (χ2v) is 2.44. The van der Waals surface area contributed by atoms with Crippen molar-refractivity contribution in [3.8, 4) is 0 Å². The molecule has 4 nitrogen and oxygen atoms in total. The third-order valence-corrected chi connectivity index (χ3v) is 1.61. The van der Waals surface area contributed by atoms with Crippen LogP contribution in [-0.4, -0.2) is 16.0 Å². The first-order valence-electron chi connectivity index (χ1n) is 2.57. The summed E-state index contributed by atoms with van der Waals surface area (Å²) in [6, 6.07) is 0. The Hall–Kier alpha value is -0.940. The summed E-state index contributed by atoms with van der Waals surface area (Å²) in [4.78, 5) is 14.0. The van der Waals surface area contributed by atoms with Gasteiger partial charge in [-0.05, 0) is 0 Å². The van der Waals surface area contributed by atoms with Crippen LogP contribution in [0.2, 0.25) is 0 Å². The smallest absolute Gasteiger partial charge is 0.252 e. The number of primary amides is 1. The molecule has 54 valence electrons. The van der Waals surface area contributed by atoms with Gasteiger partial charge in [0.05, 0.1) is 11.2 Å². The van der Waals surface area contributed by atoms with E-state index >= 15 is 0 Å². The highest BCUT2D eigenvalue weighted by atomic mass is 32.1. The molecule has 0 aliphatic rings. The summed E-state index contributed by atoms with van der Waals surface area (Å²) >= 11 is 1.31. The molecular formula is C5H6N2O2S. The van der Waals surface area contributed by atoms with Crippen molar-refractivity contribution in [3.63, 3.8) is 0 Å². The molecule has 1 aromatic rings. The minimum Gasteiger partial charge on any atom is -0.377 e. The van der Waals surface area contributed by atoms with E-state index in [0.717, 1.165) is 0 Å². The Morgan fingerprint density at radius 1 is 1.90 bits per heavy atom. The molecule has 0 aliphatic heterocycles. The van der Waals surface area contributed by atoms with E-state index in [1.54, 1.807) is 5.38 Å². The fraction of sp³-hybridized carbons (Fsp3) is 0.200. The molecule has 0 saturated carbocycles. The number of thiazole rings is 1. The molecule has 1 amide bonds. The van der Waals surface area contributed by atoms with E-state index in [1.165, 1.54) is 16.8 Å². The van der Waals surface area contributed by atoms with Crippen molar-refractivity contribution in [3.05, 3.63) is 16.6 Å². The largest absolute Gasteiger partial charge is 0.377 e. The molecule has 0 aromatic carbocycles. The summed E-state index contributed by atoms with van der Waals surface area (Å²) in [6.45, 7) is 0. The van der Waals surface area contributed by atoms with Gasteiger partial charge in [0.15, 0.2) is 6.10 Å². The normalized spacial score (nSPS) is 12.9. The van der Waals surface area contributed by atoms with Gasteiger partial charge in [0.2, 0.25) is 0 Å². The quantitative estimate of drug-likeness (QED) is 0.618. The molecule has 0 unspecified atom stereocenters. The number of rotatable bonds is 2. The van der Waals surface area contributed by atoms with Crippen molar-refractivity contribution in [2.45, 2.75) is 6.10 Å². The molecule has 0 bridgehead atoms. The molecule has 0 saturated heterocycles. The Morgan fingerprint density at radius 3 is 3.00 bits per heavy atom. The number of nitrogens with zero attached hydrogens (tertiary/aromatic N) is 1. The molecule has 0 aliphatic carbocycles. The standard InChI is InChI=1S/C5H6N2O2S/c6-5(9)4(8)3-1-10-2-7-3/h1-2,4,8H,(H2,6,9)/t4-/m0/s1. The second kappa shape index (κ2) is 2.76. The second-order valence-electron chi connectivity index (χ2n) is 1.72. The topological polar surface area (TPSA) is 76.2 Å². The number of amides is 1. The molecule has 3 N–H and O–H groups in total. The molecular weight excluding hydrogens is 152 g/mol. The maximum absolute atomic E-state index is 10.3. The Kier molecular flexibility index (Phi) is 1.98. The Bertz CT molecular complexity index is 222. The fourth-order valence-electron chi connectivity index (χ4n) is 0.503. The van der Waals surface area contributed by atoms with Crippen LogP contribution in [0, 0.1) is 0 Å². The van der Waals surface area contributed by atoms with Crippen molar-refractivity contribution in [1.82, 2.24) is 4.98 Å². The SMILES string of the molecule is NC(=O)[C@@H](O)c1cscn1. The molecule has 0 spiro atoms. The number of aliphatic hydroxyl groups excluding tert-OH is 1. The van der Waals surface area contributed by atoms with Crippen LogP contribution in [0.25, 0.3) is 0 Å². The van der Waals surface area contributed by atoms with E-state index < -0.39 is 12.0 Å². The van der Waals surface area contributed by atoms with Gasteiger partial charge in [0.25, 0.3) is 5.91 Å². The Morgan fingerprint density at radius 2 is 2.60 bits per heavy atom. The van der Waals surface area contributed by atoms with Crippen LogP contribution in [0.5, 0.6) is 0 Å². The van der Waals surface area contributed by atoms with E-state index in [2.05, 4.69) is 4.98 Å². The van der Waals surface area contributed by atoms with Gasteiger partial charge in [0, 0.05) is 5.38 Å². The lowest BCUT2D eigenvalue weighted by Gasteiger charge is -1.99. The molecule has 0 fully saturated rings. The van der Waals surface area contributed by atoms with E-state index in [1.807, 2.05) is 0 Å². The minimum absolute atomic E-state index is 0.317. The van der Waals surface area contributed by atoms with Crippen molar-refractivity contribution in [2.75, 3.05) is 0 Å². The predicted molar refractivity (Wildman–Crippen MR) is 36.3 cm³/mol. The van der Waals surface area contributed by atoms with Crippen molar-refractivity contribution >= 4 is 17.2 Å². The first-order chi connectivity index (χ1) is 4.72. The van der Waals surface area contributed by atoms with Gasteiger partial charge in [-0.15, -0.1) is 11.3 Å². The number of carbonyl (C=O) groups is 1. The van der Waals surface area contributed by atoms with Gasteiger partial charge in [0.1, 0.15) is 0 Å². The molecule has 1 aromatic heterocycles. The molecule has 5 heteroatoms. The zero-order valence-corrected chi connectivity index (χ0v) is 5.84. The fourth-order valence-corrected chi connectivity index (χ4v) is 1.08. The van der Waals surface area contributed by atoms with E-state index in [9.17, 15) is 4.79 Å². The van der Waals surface area contributed by atoms with Gasteiger partial charge >= 0.3 is 0 Å². The number of hydrogen-bond donors (Lipinski definition) is 2. The number of aliphatic hydroxyl groups is 1. The highest BCUT2D eigenvalue weighted by Crippen LogP contribution is 2.10. The third kappa shape index (κ3) is 1.31. The number of nitrogens with two attached hydrogens (primary N) is 1. The lowest BCUT2D eigenvalue weighted by molar-refractivity contribution is -0.126. The van der Waals surface area contributed by atoms with Crippen molar-refractivity contribution in [1.29, 1.82) is 0 Å². The highest BCUT2D eigenvalue weighted by molar-refractivity contribution is 7.07. The van der Waals surface area contributed by atoms with Crippen LogP contribution in [0.15, 0.2) is 10.9 Å². The average molecular weight is 158 g/mol. The zero-order chi connectivity index (χ0) is 7.56. The molecule has 1 atom stereocenters. The van der Waals surface area contributed by atoms with Crippen molar-refractivity contribution < 1.29 is 9.90 Å². The summed E-state index contributed by atoms with van der Waals surface area (Å²) < 4.78 is 0. The van der Waals surface area contributed by atoms with E-state index in [0.29, 0.717) is 5.69 Å². The van der Waals surface area contributed by atoms with Crippen molar-refractivity contribution in [2.24, 2.45) is 5.73 Å². The maximum Gasteiger partial charge on any atom is 0.252 e. The third-order valence-electron chi connectivity index (χ3n) is 1.00. The number of carbonyl (C=O) groups excluding carboxylic acids is 1. The van der Waals surface area contributed by atoms with Gasteiger partial charge in [-0.3, -0.25) is 4.79 Å². The monoisotopic (exact) mass is 158 g/mol. The minimum atomic E-state index is -1.26. The molecule has 1 rings (SSSR count). The number of aromatic nitrogens is 1. The first-order valence-corrected chi connectivity index (χ1v) is 3.51. The van der Waals surface area contributed by atoms with Crippen LogP contribution in [0.4, 0.5) is 0 Å². The zero-order valence-electron chi connectivity index (χ0n) is 5.02. The average Bonchev–Trinajstić information content (AvgIpc) is 2.36. The van der Waals surface area contributed by atoms with Crippen LogP contribution >= 0.6 is 11.3 Å². The van der Waals surface area contributed by atoms with Crippen LogP contribution in [0.3, 0.4) is 0 Å². The van der Waals surface area contributed by atoms with E-state index in [4.69, 9.17) is 10.8 Å². The summed E-state index contributed by atoms with van der Waals surface area (Å²) in [5.74, 6) is -0.772. The summed E-state index contributed by atoms with van der Waals surface area (Å²) in [5, 5.41) is 10.5. The van der Waals surface area contributed by atoms with E-state index in [-0.39, 0.29) is 0 Å². The Labute approximate surface area is 61.3 Å². The lowest BCUT2D eigenvalue weighted by Crippen LogP contribution is -2.20. The van der Waals surface area contributed by atoms with Crippen LogP contribution in [0.1, 0.15) is 11.8 Å². The van der Waals surface area contributed by atoms with Gasteiger partial charge in [-0.2, -0.15) is 0 Å². The molecule has 1 heterocycles. The summed E-state index contributed by atoms with van der Waals surface area (Å²) in [7, 11) is 0. The van der Waals surface area contributed by atoms with Gasteiger partial charge in [-0.25, -0.2) is 4.98 Å². The number of hydrogen-bond acceptors (Lipinski definition) is 4. The molecule has 10 heavy (non-hydrogen) atoms. The predicted octanol–water partition coefficient (Wildman–Crippen LogP) is -0.338. The summed E-state index contributed by atoms with van der Waals surface area (Å²) in [6.07, 6.45) is -1.26.